The van der Waals surface area contributed by atoms with Crippen molar-refractivity contribution in [3.8, 4) is 0 Å². The lowest BCUT2D eigenvalue weighted by molar-refractivity contribution is 0.273. The van der Waals surface area contributed by atoms with E-state index in [1.165, 1.54) is 6.07 Å². The number of aromatic nitrogens is 2. The molecule has 128 valence electrons. The van der Waals surface area contributed by atoms with Gasteiger partial charge in [-0.1, -0.05) is 6.07 Å². The molecule has 0 saturated heterocycles. The zero-order valence-corrected chi connectivity index (χ0v) is 15.2. The zero-order chi connectivity index (χ0) is 17.0. The maximum Gasteiger partial charge on any atom is 0.242 e. The van der Waals surface area contributed by atoms with Crippen LogP contribution in [-0.2, 0) is 10.0 Å². The first-order valence-corrected chi connectivity index (χ1v) is 10.6. The van der Waals surface area contributed by atoms with Crippen LogP contribution in [0.5, 0.6) is 0 Å². The fourth-order valence-corrected chi connectivity index (χ4v) is 5.14. The fourth-order valence-electron chi connectivity index (χ4n) is 2.58. The Morgan fingerprint density at radius 2 is 2.08 bits per heavy atom. The van der Waals surface area contributed by atoms with Gasteiger partial charge in [-0.05, 0) is 53.3 Å². The van der Waals surface area contributed by atoms with Crippen LogP contribution in [-0.4, -0.2) is 35.4 Å². The molecule has 0 saturated carbocycles. The van der Waals surface area contributed by atoms with E-state index in [1.54, 1.807) is 23.5 Å². The van der Waals surface area contributed by atoms with Gasteiger partial charge >= 0.3 is 0 Å². The van der Waals surface area contributed by atoms with Crippen molar-refractivity contribution in [1.82, 2.24) is 13.5 Å². The van der Waals surface area contributed by atoms with Crippen LogP contribution in [0.2, 0.25) is 0 Å². The predicted molar refractivity (Wildman–Crippen MR) is 96.0 cm³/mol. The molecule has 0 spiro atoms. The second-order valence-electron chi connectivity index (χ2n) is 5.34. The van der Waals surface area contributed by atoms with Gasteiger partial charge in [-0.2, -0.15) is 20.1 Å². The van der Waals surface area contributed by atoms with Crippen molar-refractivity contribution in [2.24, 2.45) is 0 Å². The maximum atomic E-state index is 12.5. The number of hydrogen-bond acceptors (Lipinski definition) is 7. The van der Waals surface area contributed by atoms with Gasteiger partial charge in [0.2, 0.25) is 10.0 Å². The van der Waals surface area contributed by atoms with E-state index in [4.69, 9.17) is 0 Å². The summed E-state index contributed by atoms with van der Waals surface area (Å²) in [6.45, 7) is 0.383. The predicted octanol–water partition coefficient (Wildman–Crippen LogP) is 2.59. The van der Waals surface area contributed by atoms with E-state index in [0.29, 0.717) is 30.4 Å². The van der Waals surface area contributed by atoms with E-state index in [1.807, 2.05) is 16.8 Å². The molecule has 0 aliphatic carbocycles. The molecule has 2 heterocycles. The molecule has 0 unspecified atom stereocenters. The average Bonchev–Trinajstić information content (AvgIpc) is 3.24. The van der Waals surface area contributed by atoms with Crippen molar-refractivity contribution in [3.05, 3.63) is 40.6 Å². The Morgan fingerprint density at radius 3 is 2.83 bits per heavy atom. The lowest BCUT2D eigenvalue weighted by atomic mass is 9.95. The number of thiophene rings is 1. The minimum Gasteiger partial charge on any atom is -0.396 e. The second-order valence-corrected chi connectivity index (χ2v) is 8.38. The number of sulfonamides is 1. The molecule has 0 radical (unpaired) electrons. The standard InChI is InChI=1S/C15H17N3O3S3/c19-8-5-11(12-6-9-22-10-12)4-7-16-24(20,21)14-3-1-2-13-15(14)18-23-17-13/h1-3,6,9-11,16,19H,4-5,7-8H2/t11-/m0/s1. The third-order valence-corrected chi connectivity index (χ3v) is 6.55. The summed E-state index contributed by atoms with van der Waals surface area (Å²) in [7, 11) is -3.64. The van der Waals surface area contributed by atoms with E-state index >= 15 is 0 Å². The van der Waals surface area contributed by atoms with E-state index in [-0.39, 0.29) is 17.4 Å². The largest absolute Gasteiger partial charge is 0.396 e. The van der Waals surface area contributed by atoms with Gasteiger partial charge < -0.3 is 5.11 Å². The minimum absolute atomic E-state index is 0.0804. The number of benzene rings is 1. The van der Waals surface area contributed by atoms with Crippen molar-refractivity contribution in [3.63, 3.8) is 0 Å². The van der Waals surface area contributed by atoms with Crippen molar-refractivity contribution in [2.75, 3.05) is 13.2 Å². The van der Waals surface area contributed by atoms with Gasteiger partial charge in [0.05, 0.1) is 11.7 Å². The Balaban J connectivity index is 1.70. The smallest absolute Gasteiger partial charge is 0.242 e. The van der Waals surface area contributed by atoms with Crippen molar-refractivity contribution in [1.29, 1.82) is 0 Å². The van der Waals surface area contributed by atoms with Gasteiger partial charge in [0.1, 0.15) is 15.9 Å². The summed E-state index contributed by atoms with van der Waals surface area (Å²) in [5.41, 5.74) is 2.12. The molecule has 2 N–H and O–H groups in total. The Labute approximate surface area is 148 Å². The number of rotatable bonds is 8. The summed E-state index contributed by atoms with van der Waals surface area (Å²) < 4.78 is 35.9. The lowest BCUT2D eigenvalue weighted by Crippen LogP contribution is -2.26. The summed E-state index contributed by atoms with van der Waals surface area (Å²) in [4.78, 5) is 0.156. The van der Waals surface area contributed by atoms with Gasteiger partial charge in [-0.15, -0.1) is 0 Å². The van der Waals surface area contributed by atoms with Crippen molar-refractivity contribution >= 4 is 44.1 Å². The molecule has 1 atom stereocenters. The molecule has 24 heavy (non-hydrogen) atoms. The molecule has 0 bridgehead atoms. The Morgan fingerprint density at radius 1 is 1.21 bits per heavy atom. The molecular formula is C15H17N3O3S3. The van der Waals surface area contributed by atoms with Gasteiger partial charge in [0.25, 0.3) is 0 Å². The monoisotopic (exact) mass is 383 g/mol. The molecule has 0 aliphatic heterocycles. The van der Waals surface area contributed by atoms with Crippen LogP contribution in [0.15, 0.2) is 39.9 Å². The Bertz CT molecular complexity index is 891. The molecule has 0 aliphatic rings. The number of nitrogens with one attached hydrogen (secondary N) is 1. The first-order valence-electron chi connectivity index (χ1n) is 7.46. The molecule has 0 amide bonds. The first kappa shape index (κ1) is 17.4. The zero-order valence-electron chi connectivity index (χ0n) is 12.8. The molecule has 6 nitrogen and oxygen atoms in total. The molecule has 2 aromatic heterocycles. The quantitative estimate of drug-likeness (QED) is 0.624. The SMILES string of the molecule is O=S(=O)(NCC[C@@H](CCO)c1ccsc1)c1cccc2nsnc12. The van der Waals surface area contributed by atoms with Crippen LogP contribution >= 0.6 is 23.1 Å². The van der Waals surface area contributed by atoms with Gasteiger partial charge in [-0.25, -0.2) is 13.1 Å². The van der Waals surface area contributed by atoms with Gasteiger partial charge in [0, 0.05) is 13.2 Å². The number of aliphatic hydroxyl groups is 1. The summed E-state index contributed by atoms with van der Waals surface area (Å²) in [5, 5.41) is 13.2. The molecule has 3 rings (SSSR count). The highest BCUT2D eigenvalue weighted by Gasteiger charge is 2.20. The van der Waals surface area contributed by atoms with E-state index < -0.39 is 10.0 Å². The fraction of sp³-hybridized carbons (Fsp3) is 0.333. The molecule has 9 heteroatoms. The van der Waals surface area contributed by atoms with Crippen molar-refractivity contribution in [2.45, 2.75) is 23.7 Å². The van der Waals surface area contributed by atoms with E-state index in [9.17, 15) is 13.5 Å². The van der Waals surface area contributed by atoms with Crippen LogP contribution in [0.4, 0.5) is 0 Å². The number of aliphatic hydroxyl groups excluding tert-OH is 1. The van der Waals surface area contributed by atoms with Crippen LogP contribution in [0.3, 0.4) is 0 Å². The molecular weight excluding hydrogens is 366 g/mol. The second kappa shape index (κ2) is 7.66. The summed E-state index contributed by atoms with van der Waals surface area (Å²) in [6, 6.07) is 6.96. The van der Waals surface area contributed by atoms with Crippen LogP contribution in [0.25, 0.3) is 11.0 Å². The van der Waals surface area contributed by atoms with E-state index in [2.05, 4.69) is 13.5 Å². The summed E-state index contributed by atoms with van der Waals surface area (Å²) >= 11 is 2.60. The highest BCUT2D eigenvalue weighted by molar-refractivity contribution is 7.89. The third kappa shape index (κ3) is 3.81. The van der Waals surface area contributed by atoms with Gasteiger partial charge in [-0.3, -0.25) is 0 Å². The highest BCUT2D eigenvalue weighted by Crippen LogP contribution is 2.25. The maximum absolute atomic E-state index is 12.5. The topological polar surface area (TPSA) is 92.2 Å². The number of fused-ring (bicyclic) bond motifs is 1. The summed E-state index contributed by atoms with van der Waals surface area (Å²) in [5.74, 6) is 0.140. The normalized spacial score (nSPS) is 13.4. The van der Waals surface area contributed by atoms with E-state index in [0.717, 1.165) is 17.3 Å². The Kier molecular flexibility index (Phi) is 5.57. The summed E-state index contributed by atoms with van der Waals surface area (Å²) in [6.07, 6.45) is 1.24. The molecule has 1 aromatic carbocycles. The molecule has 0 fully saturated rings. The number of hydrogen-bond donors (Lipinski definition) is 2. The lowest BCUT2D eigenvalue weighted by Gasteiger charge is -2.15. The van der Waals surface area contributed by atoms with Gasteiger partial charge in [0.15, 0.2) is 0 Å². The minimum atomic E-state index is -3.64. The van der Waals surface area contributed by atoms with Crippen molar-refractivity contribution < 1.29 is 13.5 Å². The third-order valence-electron chi connectivity index (χ3n) is 3.82. The highest BCUT2D eigenvalue weighted by atomic mass is 32.2. The first-order chi connectivity index (χ1) is 11.6. The van der Waals surface area contributed by atoms with Crippen LogP contribution in [0, 0.1) is 0 Å². The molecule has 3 aromatic rings. The van der Waals surface area contributed by atoms with Crippen LogP contribution < -0.4 is 4.72 Å². The average molecular weight is 384 g/mol. The van der Waals surface area contributed by atoms with Crippen LogP contribution in [0.1, 0.15) is 24.3 Å². The number of nitrogens with zero attached hydrogens (tertiary/aromatic N) is 2. The Hall–Kier alpha value is -1.39.